The Morgan fingerprint density at radius 1 is 1.39 bits per heavy atom. The second-order valence-corrected chi connectivity index (χ2v) is 7.45. The van der Waals surface area contributed by atoms with Crippen molar-refractivity contribution in [2.45, 2.75) is 24.0 Å². The van der Waals surface area contributed by atoms with Crippen molar-refractivity contribution in [3.63, 3.8) is 0 Å². The topological polar surface area (TPSA) is 91.0 Å². The van der Waals surface area contributed by atoms with Gasteiger partial charge in [-0.1, -0.05) is 0 Å². The lowest BCUT2D eigenvalue weighted by Crippen LogP contribution is -2.36. The predicted octanol–water partition coefficient (Wildman–Crippen LogP) is 0.600. The van der Waals surface area contributed by atoms with Crippen LogP contribution < -0.4 is 4.72 Å². The van der Waals surface area contributed by atoms with Crippen LogP contribution in [0.25, 0.3) is 0 Å². The molecule has 0 unspecified atom stereocenters. The average molecular weight is 339 g/mol. The van der Waals surface area contributed by atoms with Crippen LogP contribution in [0.1, 0.15) is 24.8 Å². The number of hydrogen-bond acceptors (Lipinski definition) is 5. The summed E-state index contributed by atoms with van der Waals surface area (Å²) < 4.78 is 36.6. The molecule has 2 aromatic heterocycles. The van der Waals surface area contributed by atoms with E-state index in [4.69, 9.17) is 4.74 Å². The van der Waals surface area contributed by atoms with E-state index in [0.717, 1.165) is 18.7 Å². The molecule has 0 aromatic carbocycles. The van der Waals surface area contributed by atoms with Crippen molar-refractivity contribution in [1.82, 2.24) is 24.1 Å². The number of rotatable bonds is 5. The fraction of sp³-hybridized carbons (Fsp3) is 0.571. The standard InChI is InChI=1S/C14H21N5O3S/c1-18-8-7-15-14(18)13-11(4-3-9-22-13)10-17-23(20,21)12-5-6-16-19(12)2/h5-8,11,13,17H,3-4,9-10H2,1-2H3/t11-,13+/m0/s1. The van der Waals surface area contributed by atoms with E-state index in [1.54, 1.807) is 13.2 Å². The van der Waals surface area contributed by atoms with Crippen molar-refractivity contribution in [3.05, 3.63) is 30.5 Å². The second-order valence-electron chi connectivity index (χ2n) is 5.73. The third kappa shape index (κ3) is 3.31. The molecule has 2 aromatic rings. The number of nitrogens with zero attached hydrogens (tertiary/aromatic N) is 4. The predicted molar refractivity (Wildman–Crippen MR) is 83.0 cm³/mol. The zero-order valence-corrected chi connectivity index (χ0v) is 14.0. The Labute approximate surface area is 135 Å². The van der Waals surface area contributed by atoms with Crippen molar-refractivity contribution in [2.24, 2.45) is 20.0 Å². The fourth-order valence-electron chi connectivity index (χ4n) is 2.91. The lowest BCUT2D eigenvalue weighted by molar-refractivity contribution is -0.0328. The van der Waals surface area contributed by atoms with Crippen LogP contribution in [0.4, 0.5) is 0 Å². The highest BCUT2D eigenvalue weighted by Gasteiger charge is 2.31. The van der Waals surface area contributed by atoms with Crippen LogP contribution >= 0.6 is 0 Å². The largest absolute Gasteiger partial charge is 0.370 e. The minimum atomic E-state index is -3.58. The Kier molecular flexibility index (Phi) is 4.51. The summed E-state index contributed by atoms with van der Waals surface area (Å²) in [5.41, 5.74) is 0. The summed E-state index contributed by atoms with van der Waals surface area (Å²) in [6.07, 6.45) is 6.67. The molecule has 0 saturated carbocycles. The molecule has 1 fully saturated rings. The summed E-state index contributed by atoms with van der Waals surface area (Å²) in [5.74, 6) is 0.877. The van der Waals surface area contributed by atoms with Crippen molar-refractivity contribution in [2.75, 3.05) is 13.2 Å². The molecule has 23 heavy (non-hydrogen) atoms. The van der Waals surface area contributed by atoms with Gasteiger partial charge < -0.3 is 9.30 Å². The first-order valence-corrected chi connectivity index (χ1v) is 9.04. The van der Waals surface area contributed by atoms with Crippen LogP contribution in [0, 0.1) is 5.92 Å². The van der Waals surface area contributed by atoms with E-state index in [2.05, 4.69) is 14.8 Å². The van der Waals surface area contributed by atoms with Gasteiger partial charge in [-0.2, -0.15) is 5.10 Å². The van der Waals surface area contributed by atoms with Crippen LogP contribution in [-0.4, -0.2) is 40.9 Å². The highest BCUT2D eigenvalue weighted by Crippen LogP contribution is 2.32. The quantitative estimate of drug-likeness (QED) is 0.861. The van der Waals surface area contributed by atoms with Gasteiger partial charge in [0.15, 0.2) is 5.03 Å². The van der Waals surface area contributed by atoms with Crippen molar-refractivity contribution in [1.29, 1.82) is 0 Å². The third-order valence-corrected chi connectivity index (χ3v) is 5.64. The van der Waals surface area contributed by atoms with Gasteiger partial charge in [0.1, 0.15) is 11.9 Å². The Balaban J connectivity index is 1.73. The third-order valence-electron chi connectivity index (χ3n) is 4.14. The highest BCUT2D eigenvalue weighted by atomic mass is 32.2. The zero-order valence-electron chi connectivity index (χ0n) is 13.2. The van der Waals surface area contributed by atoms with E-state index in [0.29, 0.717) is 13.2 Å². The molecule has 0 amide bonds. The van der Waals surface area contributed by atoms with E-state index in [1.807, 2.05) is 17.8 Å². The molecule has 1 aliphatic heterocycles. The normalized spacial score (nSPS) is 22.3. The maximum atomic E-state index is 12.4. The molecule has 1 N–H and O–H groups in total. The Morgan fingerprint density at radius 3 is 2.87 bits per heavy atom. The van der Waals surface area contributed by atoms with Gasteiger partial charge in [0.25, 0.3) is 10.0 Å². The Bertz CT molecular complexity index is 767. The van der Waals surface area contributed by atoms with Crippen LogP contribution in [0.5, 0.6) is 0 Å². The molecule has 1 aliphatic rings. The number of sulfonamides is 1. The summed E-state index contributed by atoms with van der Waals surface area (Å²) in [4.78, 5) is 4.34. The molecule has 0 radical (unpaired) electrons. The van der Waals surface area contributed by atoms with Crippen LogP contribution in [0.2, 0.25) is 0 Å². The molecular formula is C14H21N5O3S. The second kappa shape index (κ2) is 6.42. The van der Waals surface area contributed by atoms with E-state index in [9.17, 15) is 8.42 Å². The Hall–Kier alpha value is -1.71. The van der Waals surface area contributed by atoms with Crippen molar-refractivity contribution in [3.8, 4) is 0 Å². The summed E-state index contributed by atoms with van der Waals surface area (Å²) >= 11 is 0. The first-order chi connectivity index (χ1) is 11.0. The maximum Gasteiger partial charge on any atom is 0.257 e. The summed E-state index contributed by atoms with van der Waals surface area (Å²) in [5, 5.41) is 4.06. The van der Waals surface area contributed by atoms with Crippen molar-refractivity contribution < 1.29 is 13.2 Å². The fourth-order valence-corrected chi connectivity index (χ4v) is 4.12. The lowest BCUT2D eigenvalue weighted by Gasteiger charge is -2.31. The zero-order chi connectivity index (χ0) is 16.4. The van der Waals surface area contributed by atoms with Gasteiger partial charge in [-0.3, -0.25) is 4.68 Å². The summed E-state index contributed by atoms with van der Waals surface area (Å²) in [6, 6.07) is 1.48. The summed E-state index contributed by atoms with van der Waals surface area (Å²) in [6.45, 7) is 0.980. The van der Waals surface area contributed by atoms with E-state index >= 15 is 0 Å². The van der Waals surface area contributed by atoms with Gasteiger partial charge in [-0.15, -0.1) is 0 Å². The average Bonchev–Trinajstić information content (AvgIpc) is 3.14. The molecule has 0 bridgehead atoms. The van der Waals surface area contributed by atoms with E-state index < -0.39 is 10.0 Å². The van der Waals surface area contributed by atoms with Crippen LogP contribution in [0.3, 0.4) is 0 Å². The van der Waals surface area contributed by atoms with Gasteiger partial charge >= 0.3 is 0 Å². The minimum Gasteiger partial charge on any atom is -0.370 e. The monoisotopic (exact) mass is 339 g/mol. The van der Waals surface area contributed by atoms with E-state index in [1.165, 1.54) is 16.9 Å². The first-order valence-electron chi connectivity index (χ1n) is 7.55. The number of ether oxygens (including phenoxy) is 1. The maximum absolute atomic E-state index is 12.4. The van der Waals surface area contributed by atoms with Crippen molar-refractivity contribution >= 4 is 10.0 Å². The minimum absolute atomic E-state index is 0.0489. The smallest absolute Gasteiger partial charge is 0.257 e. The molecule has 2 atom stereocenters. The Morgan fingerprint density at radius 2 is 2.22 bits per heavy atom. The van der Waals surface area contributed by atoms with Gasteiger partial charge in [0.2, 0.25) is 0 Å². The van der Waals surface area contributed by atoms with Gasteiger partial charge in [0.05, 0.1) is 6.20 Å². The molecule has 126 valence electrons. The number of aryl methyl sites for hydroxylation is 2. The lowest BCUT2D eigenvalue weighted by atomic mass is 9.94. The number of imidazole rings is 1. The molecule has 3 rings (SSSR count). The molecule has 9 heteroatoms. The highest BCUT2D eigenvalue weighted by molar-refractivity contribution is 7.89. The molecule has 0 aliphatic carbocycles. The van der Waals surface area contributed by atoms with Gasteiger partial charge in [-0.25, -0.2) is 18.1 Å². The molecule has 1 saturated heterocycles. The van der Waals surface area contributed by atoms with Crippen LogP contribution in [-0.2, 0) is 28.9 Å². The number of aromatic nitrogens is 4. The molecule has 8 nitrogen and oxygen atoms in total. The molecular weight excluding hydrogens is 318 g/mol. The van der Waals surface area contributed by atoms with Gasteiger partial charge in [0, 0.05) is 45.6 Å². The number of hydrogen-bond donors (Lipinski definition) is 1. The number of nitrogens with one attached hydrogen (secondary N) is 1. The first kappa shape index (κ1) is 16.2. The molecule has 0 spiro atoms. The van der Waals surface area contributed by atoms with Crippen LogP contribution in [0.15, 0.2) is 29.7 Å². The molecule has 3 heterocycles. The SMILES string of the molecule is Cn1ccnc1[C@@H]1OCCC[C@H]1CNS(=O)(=O)c1ccnn1C. The summed E-state index contributed by atoms with van der Waals surface area (Å²) in [7, 11) is -0.0617. The van der Waals surface area contributed by atoms with Gasteiger partial charge in [-0.05, 0) is 18.9 Å². The van der Waals surface area contributed by atoms with E-state index in [-0.39, 0.29) is 17.0 Å².